The van der Waals surface area contributed by atoms with Gasteiger partial charge in [0, 0.05) is 32.6 Å². The van der Waals surface area contributed by atoms with Crippen LogP contribution in [0.15, 0.2) is 22.9 Å². The molecule has 0 radical (unpaired) electrons. The smallest absolute Gasteiger partial charge is 0.0746 e. The molecule has 1 atom stereocenters. The molecular weight excluding hydrogens is 256 g/mol. The van der Waals surface area contributed by atoms with Gasteiger partial charge < -0.3 is 9.64 Å². The second-order valence-electron chi connectivity index (χ2n) is 3.77. The van der Waals surface area contributed by atoms with E-state index < -0.39 is 0 Å². The highest BCUT2D eigenvalue weighted by Gasteiger charge is 2.20. The minimum absolute atomic E-state index is 0.360. The predicted molar refractivity (Wildman–Crippen MR) is 64.2 cm³/mol. The SMILES string of the molecule is COC1CCCN(c2ccncc2Br)C1. The summed E-state index contributed by atoms with van der Waals surface area (Å²) in [7, 11) is 1.79. The number of aromatic nitrogens is 1. The van der Waals surface area contributed by atoms with E-state index in [-0.39, 0.29) is 0 Å². The zero-order valence-corrected chi connectivity index (χ0v) is 10.4. The molecule has 3 nitrogen and oxygen atoms in total. The van der Waals surface area contributed by atoms with Gasteiger partial charge in [0.05, 0.1) is 16.3 Å². The molecule has 4 heteroatoms. The van der Waals surface area contributed by atoms with Gasteiger partial charge in [0.25, 0.3) is 0 Å². The lowest BCUT2D eigenvalue weighted by Gasteiger charge is -2.34. The van der Waals surface area contributed by atoms with Crippen molar-refractivity contribution in [1.82, 2.24) is 4.98 Å². The molecule has 0 bridgehead atoms. The van der Waals surface area contributed by atoms with Crippen LogP contribution in [0, 0.1) is 0 Å². The third kappa shape index (κ3) is 2.49. The molecule has 15 heavy (non-hydrogen) atoms. The molecule has 0 amide bonds. The van der Waals surface area contributed by atoms with E-state index in [1.165, 1.54) is 12.1 Å². The number of hydrogen-bond donors (Lipinski definition) is 0. The number of halogens is 1. The number of ether oxygens (including phenoxy) is 1. The van der Waals surface area contributed by atoms with Gasteiger partial charge >= 0.3 is 0 Å². The van der Waals surface area contributed by atoms with Gasteiger partial charge in [0.1, 0.15) is 0 Å². The number of nitrogens with zero attached hydrogens (tertiary/aromatic N) is 2. The summed E-state index contributed by atoms with van der Waals surface area (Å²) >= 11 is 3.53. The van der Waals surface area contributed by atoms with Crippen LogP contribution in [0.2, 0.25) is 0 Å². The van der Waals surface area contributed by atoms with Crippen LogP contribution in [0.5, 0.6) is 0 Å². The highest BCUT2D eigenvalue weighted by atomic mass is 79.9. The fourth-order valence-corrected chi connectivity index (χ4v) is 2.47. The van der Waals surface area contributed by atoms with Gasteiger partial charge in [0.15, 0.2) is 0 Å². The van der Waals surface area contributed by atoms with E-state index in [1.54, 1.807) is 7.11 Å². The van der Waals surface area contributed by atoms with Crippen LogP contribution in [0.3, 0.4) is 0 Å². The normalized spacial score (nSPS) is 21.7. The van der Waals surface area contributed by atoms with E-state index in [0.29, 0.717) is 6.10 Å². The Balaban J connectivity index is 2.13. The van der Waals surface area contributed by atoms with Gasteiger partial charge in [0.2, 0.25) is 0 Å². The van der Waals surface area contributed by atoms with Gasteiger partial charge in [-0.1, -0.05) is 0 Å². The average Bonchev–Trinajstić information content (AvgIpc) is 2.30. The van der Waals surface area contributed by atoms with Gasteiger partial charge in [-0.15, -0.1) is 0 Å². The lowest BCUT2D eigenvalue weighted by Crippen LogP contribution is -2.39. The van der Waals surface area contributed by atoms with Gasteiger partial charge in [-0.2, -0.15) is 0 Å². The summed E-state index contributed by atoms with van der Waals surface area (Å²) in [6.07, 6.45) is 6.38. The minimum atomic E-state index is 0.360. The molecular formula is C11H15BrN2O. The van der Waals surface area contributed by atoms with Crippen LogP contribution in [-0.4, -0.2) is 31.3 Å². The summed E-state index contributed by atoms with van der Waals surface area (Å²) in [5.74, 6) is 0. The number of pyridine rings is 1. The standard InChI is InChI=1S/C11H15BrN2O/c1-15-9-3-2-6-14(8-9)11-4-5-13-7-10(11)12/h4-5,7,9H,2-3,6,8H2,1H3. The second-order valence-corrected chi connectivity index (χ2v) is 4.63. The summed E-state index contributed by atoms with van der Waals surface area (Å²) < 4.78 is 6.47. The maximum Gasteiger partial charge on any atom is 0.0746 e. The third-order valence-corrected chi connectivity index (χ3v) is 3.41. The van der Waals surface area contributed by atoms with Gasteiger partial charge in [-0.3, -0.25) is 4.98 Å². The zero-order chi connectivity index (χ0) is 10.7. The average molecular weight is 271 g/mol. The Morgan fingerprint density at radius 2 is 2.47 bits per heavy atom. The van der Waals surface area contributed by atoms with Gasteiger partial charge in [-0.25, -0.2) is 0 Å². The number of methoxy groups -OCH3 is 1. The van der Waals surface area contributed by atoms with E-state index in [0.717, 1.165) is 24.0 Å². The third-order valence-electron chi connectivity index (χ3n) is 2.80. The Kier molecular flexibility index (Phi) is 3.59. The first-order chi connectivity index (χ1) is 7.31. The summed E-state index contributed by atoms with van der Waals surface area (Å²) in [4.78, 5) is 6.42. The van der Waals surface area contributed by atoms with Crippen molar-refractivity contribution in [3.63, 3.8) is 0 Å². The van der Waals surface area contributed by atoms with Crippen molar-refractivity contribution in [3.8, 4) is 0 Å². The summed E-state index contributed by atoms with van der Waals surface area (Å²) in [5, 5.41) is 0. The Morgan fingerprint density at radius 3 is 3.20 bits per heavy atom. The Morgan fingerprint density at radius 1 is 1.60 bits per heavy atom. The fraction of sp³-hybridized carbons (Fsp3) is 0.545. The van der Waals surface area contributed by atoms with E-state index in [4.69, 9.17) is 4.74 Å². The van der Waals surface area contributed by atoms with Crippen molar-refractivity contribution >= 4 is 21.6 Å². The number of hydrogen-bond acceptors (Lipinski definition) is 3. The lowest BCUT2D eigenvalue weighted by atomic mass is 10.1. The minimum Gasteiger partial charge on any atom is -0.380 e. The number of anilines is 1. The summed E-state index contributed by atoms with van der Waals surface area (Å²) in [6, 6.07) is 2.04. The Labute approximate surface area is 98.6 Å². The molecule has 0 aromatic carbocycles. The first-order valence-electron chi connectivity index (χ1n) is 5.18. The van der Waals surface area contributed by atoms with Crippen molar-refractivity contribution in [2.24, 2.45) is 0 Å². The van der Waals surface area contributed by atoms with Crippen LogP contribution < -0.4 is 4.90 Å². The molecule has 82 valence electrons. The van der Waals surface area contributed by atoms with Crippen LogP contribution in [-0.2, 0) is 4.74 Å². The highest BCUT2D eigenvalue weighted by Crippen LogP contribution is 2.27. The largest absolute Gasteiger partial charge is 0.380 e. The first-order valence-corrected chi connectivity index (χ1v) is 5.98. The molecule has 1 saturated heterocycles. The zero-order valence-electron chi connectivity index (χ0n) is 8.82. The molecule has 1 fully saturated rings. The lowest BCUT2D eigenvalue weighted by molar-refractivity contribution is 0.0893. The topological polar surface area (TPSA) is 25.4 Å². The molecule has 0 aliphatic carbocycles. The van der Waals surface area contributed by atoms with Crippen LogP contribution in [0.4, 0.5) is 5.69 Å². The van der Waals surface area contributed by atoms with E-state index in [1.807, 2.05) is 18.5 Å². The van der Waals surface area contributed by atoms with Crippen molar-refractivity contribution < 1.29 is 4.74 Å². The highest BCUT2D eigenvalue weighted by molar-refractivity contribution is 9.10. The van der Waals surface area contributed by atoms with Gasteiger partial charge in [-0.05, 0) is 34.8 Å². The van der Waals surface area contributed by atoms with Crippen LogP contribution in [0.25, 0.3) is 0 Å². The van der Waals surface area contributed by atoms with Crippen molar-refractivity contribution in [2.75, 3.05) is 25.1 Å². The Bertz CT molecular complexity index is 332. The van der Waals surface area contributed by atoms with E-state index >= 15 is 0 Å². The van der Waals surface area contributed by atoms with Crippen molar-refractivity contribution in [3.05, 3.63) is 22.9 Å². The molecule has 0 N–H and O–H groups in total. The summed E-state index contributed by atoms with van der Waals surface area (Å²) in [5.41, 5.74) is 1.21. The fourth-order valence-electron chi connectivity index (χ4n) is 1.97. The molecule has 2 heterocycles. The molecule has 1 unspecified atom stereocenters. The van der Waals surface area contributed by atoms with E-state index in [2.05, 4.69) is 25.8 Å². The molecule has 1 aromatic rings. The molecule has 1 aromatic heterocycles. The first kappa shape index (κ1) is 10.9. The quantitative estimate of drug-likeness (QED) is 0.826. The molecule has 0 saturated carbocycles. The predicted octanol–water partition coefficient (Wildman–Crippen LogP) is 2.46. The Hall–Kier alpha value is -0.610. The summed E-state index contributed by atoms with van der Waals surface area (Å²) in [6.45, 7) is 2.07. The van der Waals surface area contributed by atoms with E-state index in [9.17, 15) is 0 Å². The number of piperidine rings is 1. The number of rotatable bonds is 2. The maximum absolute atomic E-state index is 5.41. The molecule has 1 aliphatic rings. The second kappa shape index (κ2) is 4.94. The molecule has 1 aliphatic heterocycles. The maximum atomic E-state index is 5.41. The van der Waals surface area contributed by atoms with Crippen molar-refractivity contribution in [2.45, 2.75) is 18.9 Å². The van der Waals surface area contributed by atoms with Crippen LogP contribution >= 0.6 is 15.9 Å². The molecule has 0 spiro atoms. The monoisotopic (exact) mass is 270 g/mol. The van der Waals surface area contributed by atoms with Crippen LogP contribution in [0.1, 0.15) is 12.8 Å². The molecule has 2 rings (SSSR count). The van der Waals surface area contributed by atoms with Crippen molar-refractivity contribution in [1.29, 1.82) is 0 Å².